The van der Waals surface area contributed by atoms with E-state index >= 15 is 0 Å². The largest absolute Gasteiger partial charge is 0.497 e. The van der Waals surface area contributed by atoms with Crippen LogP contribution in [-0.2, 0) is 29.7 Å². The second-order valence-electron chi connectivity index (χ2n) is 7.67. The number of hydrogen-bond acceptors (Lipinski definition) is 6. The third-order valence-corrected chi connectivity index (χ3v) is 6.87. The van der Waals surface area contributed by atoms with E-state index in [1.807, 2.05) is 24.3 Å². The minimum absolute atomic E-state index is 0.000840. The van der Waals surface area contributed by atoms with E-state index in [-0.39, 0.29) is 30.1 Å². The van der Waals surface area contributed by atoms with Gasteiger partial charge in [0.15, 0.2) is 0 Å². The maximum absolute atomic E-state index is 13.6. The molecule has 0 saturated carbocycles. The topological polar surface area (TPSA) is 98.1 Å². The number of aromatic nitrogens is 1. The van der Waals surface area contributed by atoms with Gasteiger partial charge in [-0.1, -0.05) is 24.3 Å². The van der Waals surface area contributed by atoms with Crippen molar-refractivity contribution in [3.8, 4) is 11.5 Å². The third-order valence-electron chi connectivity index (χ3n) is 5.09. The molecule has 3 aromatic rings. The highest BCUT2D eigenvalue weighted by Crippen LogP contribution is 2.23. The van der Waals surface area contributed by atoms with Crippen LogP contribution in [0.25, 0.3) is 0 Å². The summed E-state index contributed by atoms with van der Waals surface area (Å²) in [6.45, 7) is 1.77. The van der Waals surface area contributed by atoms with Gasteiger partial charge in [0, 0.05) is 25.4 Å². The molecule has 0 spiro atoms. The van der Waals surface area contributed by atoms with Crippen molar-refractivity contribution in [3.05, 3.63) is 88.3 Å². The standard InChI is InChI=1S/C24H28N2O6S/c1-18(27)14-25-17-23(12-13-24(25)28)33(29,30)26(15-19-4-8-21(31-2)9-5-19)16-20-6-10-22(32-3)11-7-20/h4-13,17-18,27H,14-16H2,1-3H3. The Bertz CT molecular complexity index is 1170. The number of ether oxygens (including phenoxy) is 2. The number of nitrogens with zero attached hydrogens (tertiary/aromatic N) is 2. The third kappa shape index (κ3) is 6.22. The molecule has 0 radical (unpaired) electrons. The fraction of sp³-hybridized carbons (Fsp3) is 0.292. The van der Waals surface area contributed by atoms with E-state index in [9.17, 15) is 18.3 Å². The van der Waals surface area contributed by atoms with Gasteiger partial charge in [-0.3, -0.25) is 4.79 Å². The number of hydrogen-bond donors (Lipinski definition) is 1. The molecule has 0 aliphatic heterocycles. The summed E-state index contributed by atoms with van der Waals surface area (Å²) in [6, 6.07) is 16.8. The van der Waals surface area contributed by atoms with Gasteiger partial charge in [-0.2, -0.15) is 4.31 Å². The Balaban J connectivity index is 1.99. The zero-order valence-electron chi connectivity index (χ0n) is 18.8. The molecule has 176 valence electrons. The zero-order valence-corrected chi connectivity index (χ0v) is 19.7. The summed E-state index contributed by atoms with van der Waals surface area (Å²) in [5.41, 5.74) is 1.18. The van der Waals surface area contributed by atoms with E-state index in [1.165, 1.54) is 34.1 Å². The number of aliphatic hydroxyl groups excluding tert-OH is 1. The Morgan fingerprint density at radius 1 is 0.879 bits per heavy atom. The summed E-state index contributed by atoms with van der Waals surface area (Å²) in [5, 5.41) is 9.67. The average Bonchev–Trinajstić information content (AvgIpc) is 2.80. The van der Waals surface area contributed by atoms with Crippen molar-refractivity contribution in [3.63, 3.8) is 0 Å². The van der Waals surface area contributed by atoms with E-state index < -0.39 is 16.1 Å². The summed E-state index contributed by atoms with van der Waals surface area (Å²) in [5.74, 6) is 1.35. The highest BCUT2D eigenvalue weighted by Gasteiger charge is 2.26. The van der Waals surface area contributed by atoms with Crippen LogP contribution in [0.15, 0.2) is 76.6 Å². The molecule has 1 unspecified atom stereocenters. The minimum Gasteiger partial charge on any atom is -0.497 e. The van der Waals surface area contributed by atoms with Crippen molar-refractivity contribution < 1.29 is 23.0 Å². The number of pyridine rings is 1. The quantitative estimate of drug-likeness (QED) is 0.487. The normalized spacial score (nSPS) is 12.5. The Kier molecular flexibility index (Phi) is 7.91. The maximum atomic E-state index is 13.6. The lowest BCUT2D eigenvalue weighted by atomic mass is 10.2. The molecular weight excluding hydrogens is 444 g/mol. The van der Waals surface area contributed by atoms with E-state index in [0.717, 1.165) is 11.1 Å². The second-order valence-corrected chi connectivity index (χ2v) is 9.61. The van der Waals surface area contributed by atoms with Crippen molar-refractivity contribution in [2.45, 2.75) is 37.6 Å². The maximum Gasteiger partial charge on any atom is 0.250 e. The predicted octanol–water partition coefficient (Wildman–Crippen LogP) is 2.64. The Morgan fingerprint density at radius 3 is 1.79 bits per heavy atom. The van der Waals surface area contributed by atoms with Gasteiger partial charge >= 0.3 is 0 Å². The number of aliphatic hydroxyl groups is 1. The van der Waals surface area contributed by atoms with Crippen LogP contribution in [0, 0.1) is 0 Å². The van der Waals surface area contributed by atoms with Gasteiger partial charge in [-0.15, -0.1) is 0 Å². The lowest BCUT2D eigenvalue weighted by molar-refractivity contribution is 0.172. The van der Waals surface area contributed by atoms with Crippen molar-refractivity contribution >= 4 is 10.0 Å². The summed E-state index contributed by atoms with van der Waals surface area (Å²) < 4.78 is 40.2. The number of benzene rings is 2. The number of rotatable bonds is 10. The molecule has 0 fully saturated rings. The lowest BCUT2D eigenvalue weighted by Crippen LogP contribution is -2.32. The van der Waals surface area contributed by atoms with Gasteiger partial charge in [0.05, 0.1) is 31.8 Å². The van der Waals surface area contributed by atoms with Crippen LogP contribution < -0.4 is 15.0 Å². The van der Waals surface area contributed by atoms with E-state index in [0.29, 0.717) is 11.5 Å². The molecule has 9 heteroatoms. The first-order valence-electron chi connectivity index (χ1n) is 10.4. The molecule has 0 bridgehead atoms. The summed E-state index contributed by atoms with van der Waals surface area (Å²) in [6.07, 6.45) is 0.481. The molecule has 33 heavy (non-hydrogen) atoms. The number of methoxy groups -OCH3 is 2. The molecular formula is C24H28N2O6S. The minimum atomic E-state index is -3.97. The van der Waals surface area contributed by atoms with E-state index in [4.69, 9.17) is 9.47 Å². The van der Waals surface area contributed by atoms with Crippen molar-refractivity contribution in [2.75, 3.05) is 14.2 Å². The molecule has 1 aromatic heterocycles. The highest BCUT2D eigenvalue weighted by atomic mass is 32.2. The number of sulfonamides is 1. The fourth-order valence-electron chi connectivity index (χ4n) is 3.33. The summed E-state index contributed by atoms with van der Waals surface area (Å²) in [7, 11) is -0.840. The average molecular weight is 473 g/mol. The van der Waals surface area contributed by atoms with Crippen LogP contribution in [0.1, 0.15) is 18.1 Å². The molecule has 0 amide bonds. The molecule has 0 aliphatic carbocycles. The molecule has 1 atom stereocenters. The Hall–Kier alpha value is -3.14. The van der Waals surface area contributed by atoms with Crippen molar-refractivity contribution in [1.29, 1.82) is 0 Å². The van der Waals surface area contributed by atoms with Gasteiger partial charge in [0.1, 0.15) is 11.5 Å². The van der Waals surface area contributed by atoms with Gasteiger partial charge < -0.3 is 19.1 Å². The lowest BCUT2D eigenvalue weighted by Gasteiger charge is -2.23. The molecule has 0 saturated heterocycles. The van der Waals surface area contributed by atoms with Gasteiger partial charge in [-0.25, -0.2) is 8.42 Å². The first-order chi connectivity index (χ1) is 15.7. The fourth-order valence-corrected chi connectivity index (χ4v) is 4.77. The highest BCUT2D eigenvalue weighted by molar-refractivity contribution is 7.89. The van der Waals surface area contributed by atoms with E-state index in [1.54, 1.807) is 38.5 Å². The summed E-state index contributed by atoms with van der Waals surface area (Å²) in [4.78, 5) is 12.1. The predicted molar refractivity (Wildman–Crippen MR) is 125 cm³/mol. The second kappa shape index (κ2) is 10.7. The zero-order chi connectivity index (χ0) is 24.0. The van der Waals surface area contributed by atoms with Crippen LogP contribution in [0.2, 0.25) is 0 Å². The molecule has 0 aliphatic rings. The first kappa shape index (κ1) is 24.5. The molecule has 1 heterocycles. The summed E-state index contributed by atoms with van der Waals surface area (Å²) >= 11 is 0. The smallest absolute Gasteiger partial charge is 0.250 e. The Morgan fingerprint density at radius 2 is 1.36 bits per heavy atom. The first-order valence-corrected chi connectivity index (χ1v) is 11.8. The molecule has 3 rings (SSSR count). The van der Waals surface area contributed by atoms with Gasteiger partial charge in [0.25, 0.3) is 5.56 Å². The van der Waals surface area contributed by atoms with Gasteiger partial charge in [-0.05, 0) is 48.4 Å². The van der Waals surface area contributed by atoms with Crippen molar-refractivity contribution in [1.82, 2.24) is 8.87 Å². The molecule has 2 aromatic carbocycles. The van der Waals surface area contributed by atoms with Crippen LogP contribution >= 0.6 is 0 Å². The van der Waals surface area contributed by atoms with E-state index in [2.05, 4.69) is 0 Å². The molecule has 8 nitrogen and oxygen atoms in total. The SMILES string of the molecule is COc1ccc(CN(Cc2ccc(OC)cc2)S(=O)(=O)c2ccc(=O)n(CC(C)O)c2)cc1. The molecule has 1 N–H and O–H groups in total. The monoisotopic (exact) mass is 472 g/mol. The Labute approximate surface area is 193 Å². The van der Waals surface area contributed by atoms with Crippen LogP contribution in [0.5, 0.6) is 11.5 Å². The van der Waals surface area contributed by atoms with Crippen molar-refractivity contribution in [2.24, 2.45) is 0 Å². The van der Waals surface area contributed by atoms with Crippen LogP contribution in [0.3, 0.4) is 0 Å². The van der Waals surface area contributed by atoms with Crippen LogP contribution in [-0.4, -0.2) is 42.7 Å². The van der Waals surface area contributed by atoms with Gasteiger partial charge in [0.2, 0.25) is 10.0 Å². The van der Waals surface area contributed by atoms with Crippen LogP contribution in [0.4, 0.5) is 0 Å².